The molecule has 0 aliphatic heterocycles. The van der Waals surface area contributed by atoms with E-state index in [0.29, 0.717) is 6.04 Å². The van der Waals surface area contributed by atoms with Crippen LogP contribution in [0.3, 0.4) is 0 Å². The number of hydrogen-bond acceptors (Lipinski definition) is 4. The van der Waals surface area contributed by atoms with Gasteiger partial charge in [-0.2, -0.15) is 0 Å². The van der Waals surface area contributed by atoms with Crippen LogP contribution in [-0.2, 0) is 0 Å². The molecule has 3 unspecified atom stereocenters. The number of rotatable bonds is 3. The molecule has 0 radical (unpaired) electrons. The first-order valence-corrected chi connectivity index (χ1v) is 7.45. The second kappa shape index (κ2) is 5.31. The summed E-state index contributed by atoms with van der Waals surface area (Å²) < 4.78 is 2.01. The van der Waals surface area contributed by atoms with Gasteiger partial charge in [0.05, 0.1) is 6.20 Å². The van der Waals surface area contributed by atoms with Crippen molar-refractivity contribution in [3.63, 3.8) is 0 Å². The Morgan fingerprint density at radius 3 is 2.85 bits per heavy atom. The van der Waals surface area contributed by atoms with Gasteiger partial charge in [-0.1, -0.05) is 13.8 Å². The first-order valence-electron chi connectivity index (χ1n) is 7.45. The van der Waals surface area contributed by atoms with Gasteiger partial charge in [0.2, 0.25) is 0 Å². The average Bonchev–Trinajstić information content (AvgIpc) is 2.91. The monoisotopic (exact) mass is 273 g/mol. The fraction of sp³-hybridized carbons (Fsp3) is 0.600. The first kappa shape index (κ1) is 13.2. The maximum atomic E-state index is 4.62. The third kappa shape index (κ3) is 2.44. The van der Waals surface area contributed by atoms with E-state index in [2.05, 4.69) is 34.4 Å². The van der Waals surface area contributed by atoms with E-state index in [4.69, 9.17) is 0 Å². The Kier molecular flexibility index (Phi) is 3.51. The van der Waals surface area contributed by atoms with Gasteiger partial charge in [-0.15, -0.1) is 0 Å². The van der Waals surface area contributed by atoms with Crippen molar-refractivity contribution in [1.29, 1.82) is 0 Å². The summed E-state index contributed by atoms with van der Waals surface area (Å²) in [6.07, 6.45) is 9.43. The summed E-state index contributed by atoms with van der Waals surface area (Å²) in [6.45, 7) is 4.70. The lowest BCUT2D eigenvalue weighted by atomic mass is 9.79. The Hall–Kier alpha value is -1.78. The summed E-state index contributed by atoms with van der Waals surface area (Å²) in [5.41, 5.74) is 0.898. The number of nitrogens with one attached hydrogen (secondary N) is 2. The highest BCUT2D eigenvalue weighted by Crippen LogP contribution is 2.31. The van der Waals surface area contributed by atoms with Crippen molar-refractivity contribution in [3.05, 3.63) is 18.6 Å². The molecule has 2 aromatic heterocycles. The molecule has 1 saturated carbocycles. The molecule has 0 spiro atoms. The maximum absolute atomic E-state index is 4.62. The molecule has 2 heterocycles. The van der Waals surface area contributed by atoms with Crippen LogP contribution in [0, 0.1) is 11.8 Å². The zero-order valence-corrected chi connectivity index (χ0v) is 12.4. The summed E-state index contributed by atoms with van der Waals surface area (Å²) in [5, 5.41) is 6.70. The molecule has 20 heavy (non-hydrogen) atoms. The number of hydrogen-bond donors (Lipinski definition) is 2. The summed E-state index contributed by atoms with van der Waals surface area (Å²) in [4.78, 5) is 9.03. The molecule has 3 atom stereocenters. The lowest BCUT2D eigenvalue weighted by Crippen LogP contribution is -2.30. The van der Waals surface area contributed by atoms with Crippen LogP contribution in [0.15, 0.2) is 18.6 Å². The average molecular weight is 273 g/mol. The largest absolute Gasteiger partial charge is 0.372 e. The van der Waals surface area contributed by atoms with Gasteiger partial charge in [0.1, 0.15) is 5.82 Å². The minimum Gasteiger partial charge on any atom is -0.372 e. The molecule has 0 bridgehead atoms. The molecule has 0 amide bonds. The van der Waals surface area contributed by atoms with E-state index in [0.717, 1.165) is 29.1 Å². The predicted octanol–water partition coefficient (Wildman–Crippen LogP) is 3.01. The molecular formula is C15H23N5. The molecule has 3 rings (SSSR count). The molecule has 2 N–H and O–H groups in total. The van der Waals surface area contributed by atoms with Crippen molar-refractivity contribution in [1.82, 2.24) is 14.4 Å². The SMILES string of the molecule is CNc1cn2ccnc2c(NC2CCC(C)C(C)C2)n1. The van der Waals surface area contributed by atoms with E-state index in [1.54, 1.807) is 0 Å². The Morgan fingerprint density at radius 1 is 1.25 bits per heavy atom. The second-order valence-electron chi connectivity index (χ2n) is 5.99. The van der Waals surface area contributed by atoms with E-state index in [1.165, 1.54) is 19.3 Å². The Balaban J connectivity index is 1.85. The van der Waals surface area contributed by atoms with Crippen LogP contribution in [0.4, 0.5) is 11.6 Å². The van der Waals surface area contributed by atoms with Crippen LogP contribution >= 0.6 is 0 Å². The highest BCUT2D eigenvalue weighted by Gasteiger charge is 2.25. The molecule has 0 saturated heterocycles. The van der Waals surface area contributed by atoms with Gasteiger partial charge in [0, 0.05) is 25.5 Å². The van der Waals surface area contributed by atoms with E-state index in [9.17, 15) is 0 Å². The molecular weight excluding hydrogens is 250 g/mol. The first-order chi connectivity index (χ1) is 9.67. The van der Waals surface area contributed by atoms with Gasteiger partial charge in [0.15, 0.2) is 11.5 Å². The van der Waals surface area contributed by atoms with Crippen molar-refractivity contribution < 1.29 is 0 Å². The van der Waals surface area contributed by atoms with E-state index < -0.39 is 0 Å². The summed E-state index contributed by atoms with van der Waals surface area (Å²) in [7, 11) is 1.89. The number of anilines is 2. The van der Waals surface area contributed by atoms with Crippen LogP contribution in [0.2, 0.25) is 0 Å². The fourth-order valence-corrected chi connectivity index (χ4v) is 3.02. The van der Waals surface area contributed by atoms with Gasteiger partial charge >= 0.3 is 0 Å². The maximum Gasteiger partial charge on any atom is 0.180 e. The third-order valence-electron chi connectivity index (χ3n) is 4.57. The number of imidazole rings is 1. The normalized spacial score (nSPS) is 26.6. The van der Waals surface area contributed by atoms with Crippen LogP contribution in [0.1, 0.15) is 33.1 Å². The minimum atomic E-state index is 0.501. The summed E-state index contributed by atoms with van der Waals surface area (Å²) in [6, 6.07) is 0.501. The second-order valence-corrected chi connectivity index (χ2v) is 5.99. The minimum absolute atomic E-state index is 0.501. The molecule has 5 heteroatoms. The number of fused-ring (bicyclic) bond motifs is 1. The highest BCUT2D eigenvalue weighted by atomic mass is 15.1. The molecule has 1 aliphatic carbocycles. The molecule has 0 aromatic carbocycles. The van der Waals surface area contributed by atoms with Gasteiger partial charge in [-0.3, -0.25) is 0 Å². The van der Waals surface area contributed by atoms with Gasteiger partial charge in [-0.05, 0) is 31.1 Å². The van der Waals surface area contributed by atoms with E-state index >= 15 is 0 Å². The van der Waals surface area contributed by atoms with E-state index in [-0.39, 0.29) is 0 Å². The van der Waals surface area contributed by atoms with Gasteiger partial charge in [0.25, 0.3) is 0 Å². The van der Waals surface area contributed by atoms with Crippen LogP contribution in [0.25, 0.3) is 5.65 Å². The van der Waals surface area contributed by atoms with E-state index in [1.807, 2.05) is 30.0 Å². The fourth-order valence-electron chi connectivity index (χ4n) is 3.02. The lowest BCUT2D eigenvalue weighted by molar-refractivity contribution is 0.260. The molecule has 108 valence electrons. The Morgan fingerprint density at radius 2 is 2.10 bits per heavy atom. The topological polar surface area (TPSA) is 54.2 Å². The van der Waals surface area contributed by atoms with Crippen molar-refractivity contribution in [3.8, 4) is 0 Å². The molecule has 5 nitrogen and oxygen atoms in total. The quantitative estimate of drug-likeness (QED) is 0.902. The molecule has 2 aromatic rings. The Bertz CT molecular complexity index is 591. The highest BCUT2D eigenvalue weighted by molar-refractivity contribution is 5.65. The lowest BCUT2D eigenvalue weighted by Gasteiger charge is -2.32. The van der Waals surface area contributed by atoms with Crippen molar-refractivity contribution in [2.24, 2.45) is 11.8 Å². The Labute approximate surface area is 119 Å². The number of nitrogens with zero attached hydrogens (tertiary/aromatic N) is 3. The zero-order valence-electron chi connectivity index (χ0n) is 12.4. The zero-order chi connectivity index (χ0) is 14.1. The van der Waals surface area contributed by atoms with Crippen LogP contribution in [0.5, 0.6) is 0 Å². The summed E-state index contributed by atoms with van der Waals surface area (Å²) >= 11 is 0. The van der Waals surface area contributed by atoms with Gasteiger partial charge in [-0.25, -0.2) is 9.97 Å². The smallest absolute Gasteiger partial charge is 0.180 e. The predicted molar refractivity (Wildman–Crippen MR) is 82.1 cm³/mol. The standard InChI is InChI=1S/C15H23N5/c1-10-4-5-12(8-11(10)2)18-14-15-17-6-7-20(15)9-13(16-3)19-14/h6-7,9-12,16H,4-5,8H2,1-3H3,(H,18,19). The molecule has 1 fully saturated rings. The van der Waals surface area contributed by atoms with Gasteiger partial charge < -0.3 is 15.0 Å². The summed E-state index contributed by atoms with van der Waals surface area (Å²) in [5.74, 6) is 3.34. The van der Waals surface area contributed by atoms with Crippen LogP contribution in [-0.4, -0.2) is 27.5 Å². The van der Waals surface area contributed by atoms with Crippen molar-refractivity contribution in [2.45, 2.75) is 39.2 Å². The third-order valence-corrected chi connectivity index (χ3v) is 4.57. The van der Waals surface area contributed by atoms with Crippen LogP contribution < -0.4 is 10.6 Å². The molecule has 1 aliphatic rings. The van der Waals surface area contributed by atoms with Crippen molar-refractivity contribution in [2.75, 3.05) is 17.7 Å². The number of aromatic nitrogens is 3. The van der Waals surface area contributed by atoms with Crippen molar-refractivity contribution >= 4 is 17.3 Å².